The largest absolute Gasteiger partial charge is 0.460 e. The Morgan fingerprint density at radius 3 is 2.38 bits per heavy atom. The SMILES string of the molecule is CCCC(=O)OC1(NC(=O)C(CC2=CCC(=O)C=C2)=C(C)C)CCN1CC(=O)OCc1ccc([N+](=O)[O-])cc1. The lowest BCUT2D eigenvalue weighted by molar-refractivity contribution is -0.384. The van der Waals surface area contributed by atoms with Gasteiger partial charge in [-0.2, -0.15) is 0 Å². The first-order valence-electron chi connectivity index (χ1n) is 12.8. The van der Waals surface area contributed by atoms with Gasteiger partial charge in [0, 0.05) is 49.9 Å². The number of ketones is 1. The van der Waals surface area contributed by atoms with E-state index in [1.165, 1.54) is 35.2 Å². The van der Waals surface area contributed by atoms with Crippen LogP contribution in [0.4, 0.5) is 5.69 Å². The second-order valence-corrected chi connectivity index (χ2v) is 9.66. The van der Waals surface area contributed by atoms with Crippen molar-refractivity contribution in [3.8, 4) is 0 Å². The van der Waals surface area contributed by atoms with Crippen LogP contribution in [-0.2, 0) is 35.3 Å². The number of rotatable bonds is 12. The van der Waals surface area contributed by atoms with Gasteiger partial charge in [-0.05, 0) is 49.6 Å². The summed E-state index contributed by atoms with van der Waals surface area (Å²) in [5.41, 5.74) is 2.58. The average Bonchev–Trinajstić information content (AvgIpc) is 2.89. The van der Waals surface area contributed by atoms with Gasteiger partial charge in [-0.1, -0.05) is 24.6 Å². The Balaban J connectivity index is 1.69. The molecule has 1 aliphatic heterocycles. The molecule has 1 fully saturated rings. The molecule has 0 bridgehead atoms. The van der Waals surface area contributed by atoms with Crippen molar-refractivity contribution in [3.05, 3.63) is 74.9 Å². The topological polar surface area (TPSA) is 145 Å². The molecule has 1 heterocycles. The summed E-state index contributed by atoms with van der Waals surface area (Å²) in [5.74, 6) is -3.05. The van der Waals surface area contributed by atoms with Gasteiger partial charge < -0.3 is 14.8 Å². The third-order valence-corrected chi connectivity index (χ3v) is 6.45. The average molecular weight is 540 g/mol. The van der Waals surface area contributed by atoms with Crippen LogP contribution >= 0.6 is 0 Å². The third kappa shape index (κ3) is 7.93. The lowest BCUT2D eigenvalue weighted by Crippen LogP contribution is -2.72. The number of nitrogens with one attached hydrogen (secondary N) is 1. The van der Waals surface area contributed by atoms with E-state index in [-0.39, 0.29) is 43.9 Å². The van der Waals surface area contributed by atoms with Gasteiger partial charge >= 0.3 is 11.9 Å². The van der Waals surface area contributed by atoms with Crippen molar-refractivity contribution in [2.24, 2.45) is 0 Å². The summed E-state index contributed by atoms with van der Waals surface area (Å²) in [7, 11) is 0. The highest BCUT2D eigenvalue weighted by molar-refractivity contribution is 5.96. The van der Waals surface area contributed by atoms with Crippen molar-refractivity contribution in [2.45, 2.75) is 65.3 Å². The molecule has 1 unspecified atom stereocenters. The fourth-order valence-corrected chi connectivity index (χ4v) is 4.13. The number of amides is 1. The normalized spacial score (nSPS) is 18.4. The second-order valence-electron chi connectivity index (χ2n) is 9.66. The lowest BCUT2D eigenvalue weighted by Gasteiger charge is -2.50. The van der Waals surface area contributed by atoms with E-state index in [2.05, 4.69) is 5.32 Å². The van der Waals surface area contributed by atoms with E-state index in [9.17, 15) is 29.3 Å². The molecule has 0 radical (unpaired) electrons. The Morgan fingerprint density at radius 1 is 1.13 bits per heavy atom. The summed E-state index contributed by atoms with van der Waals surface area (Å²) in [6.45, 7) is 5.48. The first kappa shape index (κ1) is 29.4. The van der Waals surface area contributed by atoms with Gasteiger partial charge in [-0.15, -0.1) is 0 Å². The van der Waals surface area contributed by atoms with Crippen LogP contribution in [0.5, 0.6) is 0 Å². The number of carbonyl (C=O) groups excluding carboxylic acids is 4. The highest BCUT2D eigenvalue weighted by atomic mass is 16.6. The zero-order valence-electron chi connectivity index (χ0n) is 22.4. The maximum absolute atomic E-state index is 13.4. The highest BCUT2D eigenvalue weighted by Crippen LogP contribution is 2.31. The first-order chi connectivity index (χ1) is 18.5. The van der Waals surface area contributed by atoms with E-state index in [4.69, 9.17) is 9.47 Å². The number of carbonyl (C=O) groups is 4. The molecule has 1 saturated heterocycles. The number of hydrogen-bond acceptors (Lipinski definition) is 9. The number of likely N-dealkylation sites (tertiary alicyclic amines) is 1. The molecule has 1 aliphatic carbocycles. The molecule has 2 aliphatic rings. The van der Waals surface area contributed by atoms with Gasteiger partial charge in [0.2, 0.25) is 5.85 Å². The van der Waals surface area contributed by atoms with Crippen LogP contribution in [-0.4, -0.2) is 52.4 Å². The van der Waals surface area contributed by atoms with Crippen LogP contribution in [0, 0.1) is 10.1 Å². The molecule has 1 aromatic rings. The van der Waals surface area contributed by atoms with Crippen LogP contribution in [0.25, 0.3) is 0 Å². The lowest BCUT2D eigenvalue weighted by atomic mass is 9.95. The van der Waals surface area contributed by atoms with E-state index in [1.807, 2.05) is 6.92 Å². The molecule has 1 N–H and O–H groups in total. The van der Waals surface area contributed by atoms with Gasteiger partial charge in [-0.25, -0.2) is 4.90 Å². The van der Waals surface area contributed by atoms with Gasteiger partial charge in [0.15, 0.2) is 5.78 Å². The molecule has 1 atom stereocenters. The number of hydrogen-bond donors (Lipinski definition) is 1. The maximum atomic E-state index is 13.4. The minimum absolute atomic E-state index is 0.00526. The van der Waals surface area contributed by atoms with Crippen molar-refractivity contribution < 1.29 is 33.6 Å². The van der Waals surface area contributed by atoms with E-state index < -0.39 is 28.6 Å². The minimum Gasteiger partial charge on any atom is -0.460 e. The van der Waals surface area contributed by atoms with E-state index >= 15 is 0 Å². The smallest absolute Gasteiger partial charge is 0.320 e. The number of non-ortho nitro benzene ring substituents is 1. The molecule has 0 spiro atoms. The number of esters is 2. The Kier molecular flexibility index (Phi) is 9.89. The van der Waals surface area contributed by atoms with Crippen molar-refractivity contribution in [1.82, 2.24) is 10.2 Å². The Hall–Kier alpha value is -4.12. The highest BCUT2D eigenvalue weighted by Gasteiger charge is 2.51. The van der Waals surface area contributed by atoms with Crippen LogP contribution in [0.15, 0.2) is 59.2 Å². The molecule has 0 saturated carbocycles. The fraction of sp³-hybridized carbons (Fsp3) is 0.429. The summed E-state index contributed by atoms with van der Waals surface area (Å²) in [6, 6.07) is 5.65. The predicted octanol–water partition coefficient (Wildman–Crippen LogP) is 3.64. The van der Waals surface area contributed by atoms with Crippen LogP contribution in [0.1, 0.15) is 58.4 Å². The summed E-state index contributed by atoms with van der Waals surface area (Å²) in [4.78, 5) is 61.9. The molecular formula is C28H33N3O8. The van der Waals surface area contributed by atoms with Crippen LogP contribution in [0.3, 0.4) is 0 Å². The van der Waals surface area contributed by atoms with Crippen LogP contribution < -0.4 is 5.32 Å². The minimum atomic E-state index is -1.50. The number of benzene rings is 1. The van der Waals surface area contributed by atoms with Gasteiger partial charge in [0.25, 0.3) is 11.6 Å². The first-order valence-corrected chi connectivity index (χ1v) is 12.8. The third-order valence-electron chi connectivity index (χ3n) is 6.45. The summed E-state index contributed by atoms with van der Waals surface area (Å²) in [5, 5.41) is 13.7. The number of allylic oxidation sites excluding steroid dienone is 5. The van der Waals surface area contributed by atoms with Crippen molar-refractivity contribution in [3.63, 3.8) is 0 Å². The molecular weight excluding hydrogens is 506 g/mol. The Labute approximate surface area is 226 Å². The van der Waals surface area contributed by atoms with E-state index in [1.54, 1.807) is 26.0 Å². The second kappa shape index (κ2) is 13.1. The van der Waals surface area contributed by atoms with Crippen molar-refractivity contribution in [1.29, 1.82) is 0 Å². The maximum Gasteiger partial charge on any atom is 0.320 e. The number of nitro groups is 1. The van der Waals surface area contributed by atoms with Gasteiger partial charge in [0.1, 0.15) is 13.2 Å². The Morgan fingerprint density at radius 2 is 1.85 bits per heavy atom. The number of nitrogens with zero attached hydrogens (tertiary/aromatic N) is 2. The van der Waals surface area contributed by atoms with Crippen molar-refractivity contribution >= 4 is 29.3 Å². The van der Waals surface area contributed by atoms with E-state index in [0.29, 0.717) is 30.5 Å². The number of nitro benzene ring substituents is 1. The zero-order valence-corrected chi connectivity index (χ0v) is 22.4. The summed E-state index contributed by atoms with van der Waals surface area (Å²) >= 11 is 0. The quantitative estimate of drug-likeness (QED) is 0.138. The van der Waals surface area contributed by atoms with Crippen LogP contribution in [0.2, 0.25) is 0 Å². The molecule has 39 heavy (non-hydrogen) atoms. The standard InChI is InChI=1S/C28H33N3O8/c1-4-5-25(33)39-28(29-27(35)24(19(2)3)16-20-8-12-23(32)13-9-20)14-15-30(28)17-26(34)38-18-21-6-10-22(11-7-21)31(36)37/h6-12H,4-5,13-18H2,1-3H3,(H,29,35). The summed E-state index contributed by atoms with van der Waals surface area (Å²) in [6.07, 6.45) is 6.53. The molecule has 1 amide bonds. The monoisotopic (exact) mass is 539 g/mol. The molecule has 208 valence electrons. The zero-order chi connectivity index (χ0) is 28.6. The molecule has 1 aromatic carbocycles. The molecule has 11 nitrogen and oxygen atoms in total. The van der Waals surface area contributed by atoms with Gasteiger partial charge in [-0.3, -0.25) is 29.3 Å². The fourth-order valence-electron chi connectivity index (χ4n) is 4.13. The molecule has 0 aromatic heterocycles. The Bertz CT molecular complexity index is 1230. The molecule has 11 heteroatoms. The molecule has 3 rings (SSSR count). The van der Waals surface area contributed by atoms with Crippen molar-refractivity contribution in [2.75, 3.05) is 13.1 Å². The number of ether oxygens (including phenoxy) is 2. The predicted molar refractivity (Wildman–Crippen MR) is 141 cm³/mol. The van der Waals surface area contributed by atoms with Gasteiger partial charge in [0.05, 0.1) is 4.92 Å². The summed E-state index contributed by atoms with van der Waals surface area (Å²) < 4.78 is 11.0. The van der Waals surface area contributed by atoms with E-state index in [0.717, 1.165) is 11.1 Å².